The second kappa shape index (κ2) is 8.96. The summed E-state index contributed by atoms with van der Waals surface area (Å²) >= 11 is 0. The zero-order valence-electron chi connectivity index (χ0n) is 13.3. The molecule has 120 valence electrons. The van der Waals surface area contributed by atoms with Crippen LogP contribution in [0.15, 0.2) is 18.2 Å². The van der Waals surface area contributed by atoms with Crippen molar-refractivity contribution in [3.8, 4) is 18.1 Å². The van der Waals surface area contributed by atoms with Crippen molar-refractivity contribution in [3.63, 3.8) is 0 Å². The number of primary amides is 1. The molecule has 0 spiro atoms. The van der Waals surface area contributed by atoms with Gasteiger partial charge in [-0.1, -0.05) is 31.9 Å². The molecule has 0 aliphatic rings. The maximum Gasteiger partial charge on any atom is 0.404 e. The van der Waals surface area contributed by atoms with E-state index in [1.54, 1.807) is 0 Å². The molecular formula is C17H23NO4. The lowest BCUT2D eigenvalue weighted by Crippen LogP contribution is -2.32. The molecule has 5 heteroatoms. The zero-order chi connectivity index (χ0) is 16.5. The molecular weight excluding hydrogens is 282 g/mol. The first-order chi connectivity index (χ1) is 10.4. The number of nitrogens with two attached hydrogens (primary N) is 1. The van der Waals surface area contributed by atoms with Gasteiger partial charge in [0.2, 0.25) is 0 Å². The number of terminal acetylenes is 1. The fourth-order valence-corrected chi connectivity index (χ4v) is 1.96. The summed E-state index contributed by atoms with van der Waals surface area (Å²) in [6, 6.07) is 6.03. The highest BCUT2D eigenvalue weighted by atomic mass is 16.6. The van der Waals surface area contributed by atoms with Crippen molar-refractivity contribution in [2.24, 2.45) is 5.73 Å². The van der Waals surface area contributed by atoms with Gasteiger partial charge in [0.15, 0.2) is 6.10 Å². The number of ether oxygens (including phenoxy) is 3. The summed E-state index contributed by atoms with van der Waals surface area (Å²) in [5, 5.41) is 0. The van der Waals surface area contributed by atoms with E-state index >= 15 is 0 Å². The minimum Gasteiger partial charge on any atom is -0.489 e. The van der Waals surface area contributed by atoms with Gasteiger partial charge < -0.3 is 19.9 Å². The average Bonchev–Trinajstić information content (AvgIpc) is 2.44. The van der Waals surface area contributed by atoms with Crippen LogP contribution in [-0.4, -0.2) is 32.0 Å². The Morgan fingerprint density at radius 3 is 2.68 bits per heavy atom. The first-order valence-electron chi connectivity index (χ1n) is 7.14. The summed E-state index contributed by atoms with van der Waals surface area (Å²) in [4.78, 5) is 10.9. The van der Waals surface area contributed by atoms with Gasteiger partial charge >= 0.3 is 6.09 Å². The van der Waals surface area contributed by atoms with Gasteiger partial charge in [-0.15, -0.1) is 6.42 Å². The number of amides is 1. The molecule has 0 aliphatic heterocycles. The van der Waals surface area contributed by atoms with E-state index in [0.29, 0.717) is 5.92 Å². The molecule has 22 heavy (non-hydrogen) atoms. The fraction of sp³-hybridized carbons (Fsp3) is 0.471. The number of carbonyl (C=O) groups excluding carboxylic acids is 1. The predicted molar refractivity (Wildman–Crippen MR) is 84.9 cm³/mol. The zero-order valence-corrected chi connectivity index (χ0v) is 13.3. The van der Waals surface area contributed by atoms with Crippen LogP contribution in [0, 0.1) is 19.3 Å². The monoisotopic (exact) mass is 305 g/mol. The molecule has 1 rings (SSSR count). The molecule has 1 amide bonds. The lowest BCUT2D eigenvalue weighted by atomic mass is 10.0. The van der Waals surface area contributed by atoms with Gasteiger partial charge in [0.1, 0.15) is 19.0 Å². The fourth-order valence-electron chi connectivity index (χ4n) is 1.96. The average molecular weight is 305 g/mol. The molecule has 1 aromatic rings. The van der Waals surface area contributed by atoms with Gasteiger partial charge in [0.05, 0.1) is 6.61 Å². The van der Waals surface area contributed by atoms with Gasteiger partial charge in [-0.2, -0.15) is 0 Å². The van der Waals surface area contributed by atoms with Crippen molar-refractivity contribution in [2.45, 2.75) is 32.8 Å². The second-order valence-corrected chi connectivity index (χ2v) is 5.29. The van der Waals surface area contributed by atoms with Crippen molar-refractivity contribution in [1.29, 1.82) is 0 Å². The molecule has 5 nitrogen and oxygen atoms in total. The smallest absolute Gasteiger partial charge is 0.404 e. The van der Waals surface area contributed by atoms with Crippen LogP contribution in [0.3, 0.4) is 0 Å². The topological polar surface area (TPSA) is 70.8 Å². The lowest BCUT2D eigenvalue weighted by Gasteiger charge is -2.19. The number of hydrogen-bond acceptors (Lipinski definition) is 4. The third-order valence-corrected chi connectivity index (χ3v) is 2.99. The standard InChI is InChI=1S/C17H23NO4/c1-5-8-20-10-14(22-17(18)19)11-21-16-9-13(4)6-7-15(16)12(2)3/h1,6-7,9,12,14H,8,10-11H2,2-4H3,(H2,18,19). The van der Waals surface area contributed by atoms with Crippen LogP contribution in [0.5, 0.6) is 5.75 Å². The van der Waals surface area contributed by atoms with E-state index in [1.807, 2.05) is 25.1 Å². The molecule has 0 saturated heterocycles. The van der Waals surface area contributed by atoms with E-state index in [0.717, 1.165) is 16.9 Å². The summed E-state index contributed by atoms with van der Waals surface area (Å²) in [6.45, 7) is 6.59. The highest BCUT2D eigenvalue weighted by Gasteiger charge is 2.16. The SMILES string of the molecule is C#CCOCC(COc1cc(C)ccc1C(C)C)OC(N)=O. The Morgan fingerprint density at radius 2 is 2.09 bits per heavy atom. The van der Waals surface area contributed by atoms with Gasteiger partial charge in [-0.3, -0.25) is 0 Å². The Hall–Kier alpha value is -2.19. The summed E-state index contributed by atoms with van der Waals surface area (Å²) in [5.41, 5.74) is 7.24. The minimum absolute atomic E-state index is 0.135. The van der Waals surface area contributed by atoms with Gasteiger partial charge in [0.25, 0.3) is 0 Å². The van der Waals surface area contributed by atoms with E-state index in [4.69, 9.17) is 26.4 Å². The van der Waals surface area contributed by atoms with Crippen LogP contribution >= 0.6 is 0 Å². The minimum atomic E-state index is -0.869. The molecule has 1 unspecified atom stereocenters. The van der Waals surface area contributed by atoms with Crippen LogP contribution < -0.4 is 10.5 Å². The largest absolute Gasteiger partial charge is 0.489 e. The third-order valence-electron chi connectivity index (χ3n) is 2.99. The Kier molecular flexibility index (Phi) is 7.27. The molecule has 0 fully saturated rings. The molecule has 0 saturated carbocycles. The number of carbonyl (C=O) groups is 1. The third kappa shape index (κ3) is 6.06. The van der Waals surface area contributed by atoms with Crippen molar-refractivity contribution in [3.05, 3.63) is 29.3 Å². The summed E-state index contributed by atoms with van der Waals surface area (Å²) in [7, 11) is 0. The molecule has 0 bridgehead atoms. The number of hydrogen-bond donors (Lipinski definition) is 1. The van der Waals surface area contributed by atoms with E-state index in [2.05, 4.69) is 19.8 Å². The summed E-state index contributed by atoms with van der Waals surface area (Å²) < 4.78 is 16.0. The first-order valence-corrected chi connectivity index (χ1v) is 7.14. The van der Waals surface area contributed by atoms with Crippen LogP contribution in [0.4, 0.5) is 4.79 Å². The lowest BCUT2D eigenvalue weighted by molar-refractivity contribution is 0.00986. The van der Waals surface area contributed by atoms with Gasteiger partial charge in [0, 0.05) is 0 Å². The normalized spacial score (nSPS) is 11.8. The maximum atomic E-state index is 10.9. The van der Waals surface area contributed by atoms with Crippen molar-refractivity contribution in [2.75, 3.05) is 19.8 Å². The number of aryl methyl sites for hydroxylation is 1. The molecule has 1 aromatic carbocycles. The molecule has 0 aliphatic carbocycles. The highest BCUT2D eigenvalue weighted by molar-refractivity contribution is 5.64. The van der Waals surface area contributed by atoms with Crippen LogP contribution in [0.2, 0.25) is 0 Å². The van der Waals surface area contributed by atoms with Crippen molar-refractivity contribution < 1.29 is 19.0 Å². The van der Waals surface area contributed by atoms with Crippen LogP contribution in [-0.2, 0) is 9.47 Å². The van der Waals surface area contributed by atoms with Crippen molar-refractivity contribution in [1.82, 2.24) is 0 Å². The van der Waals surface area contributed by atoms with Gasteiger partial charge in [-0.25, -0.2) is 4.79 Å². The Labute approximate surface area is 131 Å². The van der Waals surface area contributed by atoms with E-state index in [1.165, 1.54) is 0 Å². The van der Waals surface area contributed by atoms with E-state index in [-0.39, 0.29) is 19.8 Å². The molecule has 0 heterocycles. The molecule has 0 aromatic heterocycles. The van der Waals surface area contributed by atoms with E-state index in [9.17, 15) is 4.79 Å². The van der Waals surface area contributed by atoms with Crippen LogP contribution in [0.25, 0.3) is 0 Å². The highest BCUT2D eigenvalue weighted by Crippen LogP contribution is 2.27. The molecule has 1 atom stereocenters. The van der Waals surface area contributed by atoms with Crippen LogP contribution in [0.1, 0.15) is 30.9 Å². The van der Waals surface area contributed by atoms with Gasteiger partial charge in [-0.05, 0) is 30.0 Å². The first kappa shape index (κ1) is 17.9. The Morgan fingerprint density at radius 1 is 1.36 bits per heavy atom. The molecule has 2 N–H and O–H groups in total. The predicted octanol–water partition coefficient (Wildman–Crippen LogP) is 2.61. The summed E-state index contributed by atoms with van der Waals surface area (Å²) in [5.74, 6) is 3.44. The Balaban J connectivity index is 2.72. The van der Waals surface area contributed by atoms with Crippen molar-refractivity contribution >= 4 is 6.09 Å². The molecule has 0 radical (unpaired) electrons. The summed E-state index contributed by atoms with van der Waals surface area (Å²) in [6.07, 6.45) is 3.64. The van der Waals surface area contributed by atoms with E-state index < -0.39 is 12.2 Å². The quantitative estimate of drug-likeness (QED) is 0.592. The number of benzene rings is 1. The Bertz CT molecular complexity index is 534. The maximum absolute atomic E-state index is 10.9. The second-order valence-electron chi connectivity index (χ2n) is 5.29. The number of rotatable bonds is 8.